The van der Waals surface area contributed by atoms with Crippen LogP contribution in [-0.4, -0.2) is 89.1 Å². The van der Waals surface area contributed by atoms with Crippen molar-refractivity contribution in [1.82, 2.24) is 25.2 Å². The van der Waals surface area contributed by atoms with E-state index in [1.54, 1.807) is 25.4 Å². The lowest BCUT2D eigenvalue weighted by atomic mass is 9.90. The summed E-state index contributed by atoms with van der Waals surface area (Å²) in [7, 11) is 1.74. The lowest BCUT2D eigenvalue weighted by molar-refractivity contribution is 0.107. The minimum atomic E-state index is -0.613. The van der Waals surface area contributed by atoms with E-state index in [9.17, 15) is 5.11 Å². The maximum absolute atomic E-state index is 16.9. The molecule has 9 nitrogen and oxygen atoms in total. The number of piperazine rings is 1. The highest BCUT2D eigenvalue weighted by atomic mass is 19.1. The second kappa shape index (κ2) is 11.2. The predicted octanol–water partition coefficient (Wildman–Crippen LogP) is 4.66. The minimum absolute atomic E-state index is 0.00744. The smallest absolute Gasteiger partial charge is 0.319 e. The molecular formula is C36H37FN6O3. The fourth-order valence-corrected chi connectivity index (χ4v) is 8.40. The van der Waals surface area contributed by atoms with Crippen LogP contribution in [0, 0.1) is 24.1 Å². The third-order valence-electron chi connectivity index (χ3n) is 10.2. The molecule has 0 unspecified atom stereocenters. The molecule has 4 fully saturated rings. The van der Waals surface area contributed by atoms with Gasteiger partial charge in [0.1, 0.15) is 29.4 Å². The topological polar surface area (TPSA) is 95.9 Å². The zero-order valence-corrected chi connectivity index (χ0v) is 25.9. The number of rotatable bonds is 7. The Morgan fingerprint density at radius 1 is 1.20 bits per heavy atom. The Labute approximate surface area is 267 Å². The van der Waals surface area contributed by atoms with Gasteiger partial charge >= 0.3 is 6.01 Å². The maximum Gasteiger partial charge on any atom is 0.319 e. The number of hydrogen-bond donors (Lipinski definition) is 2. The zero-order chi connectivity index (χ0) is 31.6. The van der Waals surface area contributed by atoms with Crippen LogP contribution in [0.3, 0.4) is 0 Å². The summed E-state index contributed by atoms with van der Waals surface area (Å²) >= 11 is 0. The van der Waals surface area contributed by atoms with Gasteiger partial charge in [-0.25, -0.2) is 4.39 Å². The van der Waals surface area contributed by atoms with Gasteiger partial charge in [-0.05, 0) is 55.2 Å². The maximum atomic E-state index is 16.9. The van der Waals surface area contributed by atoms with Crippen molar-refractivity contribution in [2.75, 3.05) is 51.4 Å². The summed E-state index contributed by atoms with van der Waals surface area (Å²) in [4.78, 5) is 18.9. The number of ether oxygens (including phenoxy) is 2. The van der Waals surface area contributed by atoms with Crippen LogP contribution in [0.5, 0.6) is 11.8 Å². The summed E-state index contributed by atoms with van der Waals surface area (Å²) < 4.78 is 28.8. The fraction of sp³-hybridized carbons (Fsp3) is 0.417. The number of hydrogen-bond acceptors (Lipinski definition) is 9. The SMILES string of the molecule is C#Cc1cccc2cc(O)cc(-c3ncc4c(N5C[C@H]6CC[C@@H](C5)N6)nc(OC[C@@]56CC(=C)CN5C[C@@H](COC)C6)nc4c3F)c12. The van der Waals surface area contributed by atoms with Gasteiger partial charge in [-0.2, -0.15) is 9.97 Å². The van der Waals surface area contributed by atoms with E-state index < -0.39 is 5.82 Å². The number of halogens is 1. The van der Waals surface area contributed by atoms with E-state index in [-0.39, 0.29) is 28.5 Å². The Balaban J connectivity index is 1.24. The Bertz CT molecular complexity index is 1910. The van der Waals surface area contributed by atoms with Crippen LogP contribution < -0.4 is 15.0 Å². The number of phenols is 1. The van der Waals surface area contributed by atoms with Crippen LogP contribution in [0.15, 0.2) is 48.7 Å². The molecule has 236 valence electrons. The number of pyridine rings is 1. The van der Waals surface area contributed by atoms with Gasteiger partial charge in [-0.1, -0.05) is 30.2 Å². The molecule has 2 aromatic heterocycles. The number of phenolic OH excluding ortho intramolecular Hbond substituents is 1. The lowest BCUT2D eigenvalue weighted by Gasteiger charge is -2.34. The summed E-state index contributed by atoms with van der Waals surface area (Å²) in [5, 5.41) is 16.1. The number of benzene rings is 2. The number of aromatic nitrogens is 3. The molecule has 0 spiro atoms. The molecule has 4 atom stereocenters. The fourth-order valence-electron chi connectivity index (χ4n) is 8.40. The van der Waals surface area contributed by atoms with Crippen LogP contribution in [0.4, 0.5) is 10.2 Å². The van der Waals surface area contributed by atoms with Gasteiger partial charge in [0.05, 0.1) is 17.5 Å². The van der Waals surface area contributed by atoms with Crippen LogP contribution in [0.2, 0.25) is 0 Å². The number of fused-ring (bicyclic) bond motifs is 5. The highest BCUT2D eigenvalue weighted by Crippen LogP contribution is 2.44. The molecule has 0 aliphatic carbocycles. The Morgan fingerprint density at radius 2 is 2.02 bits per heavy atom. The number of methoxy groups -OCH3 is 1. The monoisotopic (exact) mass is 620 g/mol. The van der Waals surface area contributed by atoms with Crippen LogP contribution >= 0.6 is 0 Å². The van der Waals surface area contributed by atoms with Gasteiger partial charge in [0.2, 0.25) is 0 Å². The van der Waals surface area contributed by atoms with Crippen LogP contribution in [0.25, 0.3) is 32.9 Å². The molecule has 46 heavy (non-hydrogen) atoms. The Hall–Kier alpha value is -4.30. The third-order valence-corrected chi connectivity index (χ3v) is 10.2. The lowest BCUT2D eigenvalue weighted by Crippen LogP contribution is -2.51. The zero-order valence-electron chi connectivity index (χ0n) is 25.9. The number of nitrogens with zero attached hydrogens (tertiary/aromatic N) is 5. The summed E-state index contributed by atoms with van der Waals surface area (Å²) in [5.41, 5.74) is 2.13. The number of anilines is 1. The van der Waals surface area contributed by atoms with E-state index in [2.05, 4.69) is 32.6 Å². The molecule has 4 aliphatic heterocycles. The van der Waals surface area contributed by atoms with Gasteiger partial charge in [0.15, 0.2) is 5.82 Å². The summed E-state index contributed by atoms with van der Waals surface area (Å²) in [5.74, 6) is 3.10. The predicted molar refractivity (Wildman–Crippen MR) is 176 cm³/mol. The van der Waals surface area contributed by atoms with Crippen molar-refractivity contribution < 1.29 is 19.0 Å². The highest BCUT2D eigenvalue weighted by molar-refractivity contribution is 6.02. The van der Waals surface area contributed by atoms with E-state index in [1.165, 1.54) is 11.6 Å². The molecule has 0 radical (unpaired) electrons. The minimum Gasteiger partial charge on any atom is -0.508 e. The molecular weight excluding hydrogens is 583 g/mol. The molecule has 2 N–H and O–H groups in total. The normalized spacial score (nSPS) is 25.8. The van der Waals surface area contributed by atoms with Crippen molar-refractivity contribution in [3.63, 3.8) is 0 Å². The largest absolute Gasteiger partial charge is 0.508 e. The van der Waals surface area contributed by atoms with E-state index in [0.29, 0.717) is 64.3 Å². The number of terminal acetylenes is 1. The summed E-state index contributed by atoms with van der Waals surface area (Å²) in [6.45, 7) is 8.60. The Morgan fingerprint density at radius 3 is 2.80 bits per heavy atom. The van der Waals surface area contributed by atoms with Crippen molar-refractivity contribution in [2.24, 2.45) is 5.92 Å². The Kier molecular flexibility index (Phi) is 7.09. The van der Waals surface area contributed by atoms with Crippen LogP contribution in [0.1, 0.15) is 31.2 Å². The van der Waals surface area contributed by atoms with Gasteiger partial charge in [0.25, 0.3) is 0 Å². The van der Waals surface area contributed by atoms with Crippen molar-refractivity contribution in [3.8, 4) is 35.4 Å². The molecule has 4 saturated heterocycles. The number of nitrogens with one attached hydrogen (secondary N) is 1. The molecule has 0 saturated carbocycles. The van der Waals surface area contributed by atoms with Gasteiger partial charge in [-0.15, -0.1) is 6.42 Å². The highest BCUT2D eigenvalue weighted by Gasteiger charge is 2.50. The average molecular weight is 621 g/mol. The molecule has 10 heteroatoms. The molecule has 0 amide bonds. The van der Waals surface area contributed by atoms with Gasteiger partial charge in [0, 0.05) is 68.1 Å². The van der Waals surface area contributed by atoms with Gasteiger partial charge < -0.3 is 24.8 Å². The molecule has 2 aromatic carbocycles. The van der Waals surface area contributed by atoms with E-state index >= 15 is 4.39 Å². The second-order valence-corrected chi connectivity index (χ2v) is 13.4. The molecule has 4 aromatic rings. The first kappa shape index (κ1) is 29.1. The standard InChI is InChI=1S/C36H37FN6O3/c1-4-23-6-5-7-24-10-27(44)11-28(30(23)24)32-31(37)33-29(14-38-32)34(42-17-25-8-9-26(18-42)39-25)41-35(40-33)46-20-36-12-21(2)15-43(36)16-22(13-36)19-45-3/h1,5-7,10-11,14,22,25-26,39,44H,2,8-9,12-13,15-20H2,3H3/t22-,25-,26+,36-/m0/s1. The van der Waals surface area contributed by atoms with E-state index in [0.717, 1.165) is 51.9 Å². The van der Waals surface area contributed by atoms with Crippen molar-refractivity contribution >= 4 is 27.5 Å². The molecule has 4 aliphatic rings. The average Bonchev–Trinajstić information content (AvgIpc) is 3.66. The first-order chi connectivity index (χ1) is 22.3. The molecule has 6 heterocycles. The summed E-state index contributed by atoms with van der Waals surface area (Å²) in [6, 6.07) is 9.40. The number of aromatic hydroxyl groups is 1. The van der Waals surface area contributed by atoms with Gasteiger partial charge in [-0.3, -0.25) is 9.88 Å². The quantitative estimate of drug-likeness (QED) is 0.226. The van der Waals surface area contributed by atoms with Crippen molar-refractivity contribution in [3.05, 3.63) is 60.1 Å². The van der Waals surface area contributed by atoms with E-state index in [4.69, 9.17) is 25.9 Å². The second-order valence-electron chi connectivity index (χ2n) is 13.4. The first-order valence-electron chi connectivity index (χ1n) is 16.0. The van der Waals surface area contributed by atoms with E-state index in [1.807, 2.05) is 12.1 Å². The summed E-state index contributed by atoms with van der Waals surface area (Å²) in [6.07, 6.45) is 11.4. The van der Waals surface area contributed by atoms with Crippen molar-refractivity contribution in [2.45, 2.75) is 43.3 Å². The molecule has 2 bridgehead atoms. The van der Waals surface area contributed by atoms with Crippen molar-refractivity contribution in [1.29, 1.82) is 0 Å². The van der Waals surface area contributed by atoms with Crippen LogP contribution in [-0.2, 0) is 4.74 Å². The molecule has 8 rings (SSSR count). The first-order valence-corrected chi connectivity index (χ1v) is 16.0. The third kappa shape index (κ3) is 4.85.